The lowest BCUT2D eigenvalue weighted by molar-refractivity contribution is -0.143. The summed E-state index contributed by atoms with van der Waals surface area (Å²) in [5.74, 6) is 1.13. The van der Waals surface area contributed by atoms with Gasteiger partial charge in [0, 0.05) is 29.0 Å². The lowest BCUT2D eigenvalue weighted by Gasteiger charge is -2.38. The second-order valence-electron chi connectivity index (χ2n) is 7.30. The molecule has 3 heterocycles. The predicted octanol–water partition coefficient (Wildman–Crippen LogP) is 3.85. The SMILES string of the molecule is CC1(C(=O)N2CCc3nc(-c4ccc(Cl)cc4)[nH]c3C2)CCNCC1.Cl.Cl. The number of piperidine rings is 1. The van der Waals surface area contributed by atoms with Crippen LogP contribution in [0.4, 0.5) is 0 Å². The molecular formula is C19H25Cl3N4O. The third-order valence-electron chi connectivity index (χ3n) is 5.46. The minimum Gasteiger partial charge on any atom is -0.340 e. The maximum Gasteiger partial charge on any atom is 0.228 e. The normalized spacial score (nSPS) is 18.1. The summed E-state index contributed by atoms with van der Waals surface area (Å²) in [4.78, 5) is 23.2. The van der Waals surface area contributed by atoms with Crippen LogP contribution in [0.3, 0.4) is 0 Å². The van der Waals surface area contributed by atoms with Gasteiger partial charge in [0.05, 0.1) is 17.9 Å². The number of fused-ring (bicyclic) bond motifs is 1. The Morgan fingerprint density at radius 2 is 1.85 bits per heavy atom. The van der Waals surface area contributed by atoms with E-state index >= 15 is 0 Å². The molecule has 0 aliphatic carbocycles. The molecule has 0 unspecified atom stereocenters. The smallest absolute Gasteiger partial charge is 0.228 e. The van der Waals surface area contributed by atoms with Gasteiger partial charge >= 0.3 is 0 Å². The van der Waals surface area contributed by atoms with Gasteiger partial charge in [0.25, 0.3) is 0 Å². The van der Waals surface area contributed by atoms with Crippen LogP contribution in [0.2, 0.25) is 5.02 Å². The van der Waals surface area contributed by atoms with Crippen LogP contribution in [0.1, 0.15) is 31.2 Å². The summed E-state index contributed by atoms with van der Waals surface area (Å²) in [5, 5.41) is 4.06. The first kappa shape index (κ1) is 22.0. The third-order valence-corrected chi connectivity index (χ3v) is 5.71. The van der Waals surface area contributed by atoms with Gasteiger partial charge in [-0.05, 0) is 50.2 Å². The van der Waals surface area contributed by atoms with Crippen molar-refractivity contribution < 1.29 is 4.79 Å². The minimum atomic E-state index is -0.234. The number of H-pyrrole nitrogens is 1. The van der Waals surface area contributed by atoms with Crippen molar-refractivity contribution in [2.45, 2.75) is 32.7 Å². The van der Waals surface area contributed by atoms with Gasteiger partial charge < -0.3 is 15.2 Å². The van der Waals surface area contributed by atoms with Crippen LogP contribution >= 0.6 is 36.4 Å². The molecule has 0 radical (unpaired) electrons. The number of amides is 1. The van der Waals surface area contributed by atoms with Crippen molar-refractivity contribution in [3.8, 4) is 11.4 Å². The van der Waals surface area contributed by atoms with E-state index in [-0.39, 0.29) is 36.1 Å². The summed E-state index contributed by atoms with van der Waals surface area (Å²) in [6.45, 7) is 5.33. The van der Waals surface area contributed by atoms with Crippen molar-refractivity contribution in [3.05, 3.63) is 40.7 Å². The molecule has 27 heavy (non-hydrogen) atoms. The average Bonchev–Trinajstić information content (AvgIpc) is 3.05. The quantitative estimate of drug-likeness (QED) is 0.759. The zero-order valence-electron chi connectivity index (χ0n) is 15.3. The molecule has 5 nitrogen and oxygen atoms in total. The molecule has 2 aliphatic heterocycles. The first-order valence-electron chi connectivity index (χ1n) is 8.89. The summed E-state index contributed by atoms with van der Waals surface area (Å²) in [7, 11) is 0. The minimum absolute atomic E-state index is 0. The molecule has 1 fully saturated rings. The van der Waals surface area contributed by atoms with Crippen LogP contribution in [0, 0.1) is 5.41 Å². The van der Waals surface area contributed by atoms with Crippen molar-refractivity contribution in [1.82, 2.24) is 20.2 Å². The number of carbonyl (C=O) groups excluding carboxylic acids is 1. The van der Waals surface area contributed by atoms with Gasteiger partial charge in [0.15, 0.2) is 0 Å². The van der Waals surface area contributed by atoms with E-state index in [1.807, 2.05) is 29.2 Å². The molecule has 0 spiro atoms. The molecule has 0 saturated carbocycles. The summed E-state index contributed by atoms with van der Waals surface area (Å²) in [6.07, 6.45) is 2.63. The summed E-state index contributed by atoms with van der Waals surface area (Å²) < 4.78 is 0. The number of imidazole rings is 1. The van der Waals surface area contributed by atoms with Crippen LogP contribution in [-0.4, -0.2) is 40.4 Å². The Morgan fingerprint density at radius 3 is 2.52 bits per heavy atom. The Bertz CT molecular complexity index is 785. The van der Waals surface area contributed by atoms with E-state index in [1.165, 1.54) is 0 Å². The first-order valence-corrected chi connectivity index (χ1v) is 9.27. The van der Waals surface area contributed by atoms with Crippen LogP contribution in [-0.2, 0) is 17.8 Å². The number of aromatic amines is 1. The van der Waals surface area contributed by atoms with Crippen molar-refractivity contribution in [2.24, 2.45) is 5.41 Å². The molecule has 148 valence electrons. The molecule has 0 atom stereocenters. The predicted molar refractivity (Wildman–Crippen MR) is 113 cm³/mol. The van der Waals surface area contributed by atoms with E-state index in [4.69, 9.17) is 16.6 Å². The Labute approximate surface area is 177 Å². The number of halogens is 3. The molecule has 2 N–H and O–H groups in total. The van der Waals surface area contributed by atoms with Gasteiger partial charge in [-0.15, -0.1) is 24.8 Å². The van der Waals surface area contributed by atoms with Gasteiger partial charge in [0.2, 0.25) is 5.91 Å². The highest BCUT2D eigenvalue weighted by Gasteiger charge is 2.39. The average molecular weight is 432 g/mol. The molecule has 1 amide bonds. The number of nitrogens with one attached hydrogen (secondary N) is 2. The monoisotopic (exact) mass is 430 g/mol. The van der Waals surface area contributed by atoms with Crippen molar-refractivity contribution in [3.63, 3.8) is 0 Å². The molecule has 2 aliphatic rings. The fourth-order valence-electron chi connectivity index (χ4n) is 3.79. The number of hydrogen-bond acceptors (Lipinski definition) is 3. The Morgan fingerprint density at radius 1 is 1.19 bits per heavy atom. The zero-order valence-corrected chi connectivity index (χ0v) is 17.6. The van der Waals surface area contributed by atoms with Crippen molar-refractivity contribution >= 4 is 42.3 Å². The molecule has 1 aromatic carbocycles. The van der Waals surface area contributed by atoms with Crippen LogP contribution < -0.4 is 5.32 Å². The highest BCUT2D eigenvalue weighted by Crippen LogP contribution is 2.32. The Hall–Kier alpha value is -1.27. The lowest BCUT2D eigenvalue weighted by Crippen LogP contribution is -2.49. The summed E-state index contributed by atoms with van der Waals surface area (Å²) in [5.41, 5.74) is 2.91. The molecule has 1 saturated heterocycles. The number of benzene rings is 1. The van der Waals surface area contributed by atoms with Crippen LogP contribution in [0.25, 0.3) is 11.4 Å². The molecule has 8 heteroatoms. The van der Waals surface area contributed by atoms with Gasteiger partial charge in [-0.1, -0.05) is 18.5 Å². The third kappa shape index (κ3) is 4.43. The van der Waals surface area contributed by atoms with Crippen molar-refractivity contribution in [1.29, 1.82) is 0 Å². The van der Waals surface area contributed by atoms with E-state index < -0.39 is 0 Å². The fraction of sp³-hybridized carbons (Fsp3) is 0.474. The summed E-state index contributed by atoms with van der Waals surface area (Å²) >= 11 is 5.96. The number of hydrogen-bond donors (Lipinski definition) is 2. The van der Waals surface area contributed by atoms with E-state index in [1.54, 1.807) is 0 Å². The van der Waals surface area contributed by atoms with Gasteiger partial charge in [0.1, 0.15) is 5.82 Å². The Kier molecular flexibility index (Phi) is 7.20. The second-order valence-corrected chi connectivity index (χ2v) is 7.74. The molecule has 2 aromatic rings. The van der Waals surface area contributed by atoms with Gasteiger partial charge in [-0.25, -0.2) is 4.98 Å². The highest BCUT2D eigenvalue weighted by atomic mass is 35.5. The number of aromatic nitrogens is 2. The molecular weight excluding hydrogens is 407 g/mol. The topological polar surface area (TPSA) is 61.0 Å². The largest absolute Gasteiger partial charge is 0.340 e. The number of carbonyl (C=O) groups is 1. The maximum atomic E-state index is 13.0. The second kappa shape index (κ2) is 8.82. The Balaban J connectivity index is 0.00000131. The summed E-state index contributed by atoms with van der Waals surface area (Å²) in [6, 6.07) is 7.66. The first-order chi connectivity index (χ1) is 12.0. The number of rotatable bonds is 2. The van der Waals surface area contributed by atoms with Crippen molar-refractivity contribution in [2.75, 3.05) is 19.6 Å². The molecule has 1 aromatic heterocycles. The fourth-order valence-corrected chi connectivity index (χ4v) is 3.91. The lowest BCUT2D eigenvalue weighted by atomic mass is 9.79. The maximum absolute atomic E-state index is 13.0. The van der Waals surface area contributed by atoms with E-state index in [9.17, 15) is 4.79 Å². The van der Waals surface area contributed by atoms with Gasteiger partial charge in [-0.2, -0.15) is 0 Å². The number of nitrogens with zero attached hydrogens (tertiary/aromatic N) is 2. The standard InChI is InChI=1S/C19H23ClN4O.2ClH/c1-19(7-9-21-10-8-19)18(25)24-11-6-15-16(12-24)23-17(22-15)13-2-4-14(20)5-3-13;;/h2-5,21H,6-12H2,1H3,(H,22,23);2*1H. The van der Waals surface area contributed by atoms with Crippen LogP contribution in [0.15, 0.2) is 24.3 Å². The van der Waals surface area contributed by atoms with E-state index in [0.717, 1.165) is 61.7 Å². The van der Waals surface area contributed by atoms with E-state index in [2.05, 4.69) is 17.2 Å². The molecule has 4 rings (SSSR count). The zero-order chi connectivity index (χ0) is 17.4. The molecule has 0 bridgehead atoms. The van der Waals surface area contributed by atoms with Crippen LogP contribution in [0.5, 0.6) is 0 Å². The van der Waals surface area contributed by atoms with E-state index in [0.29, 0.717) is 11.6 Å². The van der Waals surface area contributed by atoms with Gasteiger partial charge in [-0.3, -0.25) is 4.79 Å². The highest BCUT2D eigenvalue weighted by molar-refractivity contribution is 6.30.